The lowest BCUT2D eigenvalue weighted by atomic mass is 10.2. The van der Waals surface area contributed by atoms with Gasteiger partial charge in [0.15, 0.2) is 0 Å². The van der Waals surface area contributed by atoms with E-state index in [9.17, 15) is 9.59 Å². The van der Waals surface area contributed by atoms with Crippen molar-refractivity contribution in [2.45, 2.75) is 19.0 Å². The second kappa shape index (κ2) is 3.85. The Morgan fingerprint density at radius 3 is 3.07 bits per heavy atom. The van der Waals surface area contributed by atoms with Crippen LogP contribution >= 0.6 is 11.3 Å². The number of carbonyl (C=O) groups excluding carboxylic acids is 2. The Bertz CT molecular complexity index is 349. The van der Waals surface area contributed by atoms with Crippen LogP contribution in [-0.4, -0.2) is 22.8 Å². The first-order chi connectivity index (χ1) is 6.75. The van der Waals surface area contributed by atoms with Crippen LogP contribution in [0.1, 0.15) is 12.1 Å². The molecule has 1 aliphatic rings. The molecular weight excluding hydrogens is 202 g/mol. The van der Waals surface area contributed by atoms with E-state index in [1.54, 1.807) is 5.51 Å². The number of carbonyl (C=O) groups is 2. The maximum absolute atomic E-state index is 11.1. The fourth-order valence-corrected chi connectivity index (χ4v) is 1.83. The molecule has 0 spiro atoms. The Balaban J connectivity index is 1.87. The fourth-order valence-electron chi connectivity index (χ4n) is 1.27. The smallest absolute Gasteiger partial charge is 0.244 e. The van der Waals surface area contributed by atoms with Crippen molar-refractivity contribution >= 4 is 23.2 Å². The molecule has 6 heteroatoms. The minimum Gasteiger partial charge on any atom is -0.300 e. The van der Waals surface area contributed by atoms with Gasteiger partial charge in [-0.2, -0.15) is 0 Å². The second-order valence-electron chi connectivity index (χ2n) is 3.03. The third-order valence-corrected chi connectivity index (χ3v) is 2.62. The maximum atomic E-state index is 11.1. The Kier molecular flexibility index (Phi) is 2.55. The van der Waals surface area contributed by atoms with Crippen molar-refractivity contribution in [1.82, 2.24) is 15.6 Å². The lowest BCUT2D eigenvalue weighted by Crippen LogP contribution is -2.35. The normalized spacial score (nSPS) is 21.3. The van der Waals surface area contributed by atoms with E-state index >= 15 is 0 Å². The molecule has 1 aliphatic heterocycles. The monoisotopic (exact) mass is 211 g/mol. The molecular formula is C8H9N3O2S. The molecule has 1 unspecified atom stereocenters. The largest absolute Gasteiger partial charge is 0.300 e. The molecule has 0 bridgehead atoms. The predicted molar refractivity (Wildman–Crippen MR) is 50.5 cm³/mol. The zero-order valence-electron chi connectivity index (χ0n) is 7.32. The lowest BCUT2D eigenvalue weighted by Gasteiger charge is -2.06. The molecule has 1 aromatic rings. The summed E-state index contributed by atoms with van der Waals surface area (Å²) in [5.41, 5.74) is 2.62. The van der Waals surface area contributed by atoms with E-state index in [0.717, 1.165) is 5.69 Å². The van der Waals surface area contributed by atoms with E-state index in [4.69, 9.17) is 0 Å². The molecule has 1 saturated heterocycles. The van der Waals surface area contributed by atoms with Gasteiger partial charge in [0.1, 0.15) is 0 Å². The van der Waals surface area contributed by atoms with E-state index in [0.29, 0.717) is 6.54 Å². The van der Waals surface area contributed by atoms with Crippen molar-refractivity contribution in [2.75, 3.05) is 0 Å². The molecule has 5 nitrogen and oxygen atoms in total. The molecule has 1 aromatic heterocycles. The summed E-state index contributed by atoms with van der Waals surface area (Å²) in [5, 5.41) is 7.12. The van der Waals surface area contributed by atoms with Crippen molar-refractivity contribution in [2.24, 2.45) is 0 Å². The molecule has 0 aliphatic carbocycles. The minimum absolute atomic E-state index is 0.217. The van der Waals surface area contributed by atoms with Crippen LogP contribution in [0.5, 0.6) is 0 Å². The highest BCUT2D eigenvalue weighted by molar-refractivity contribution is 7.07. The van der Waals surface area contributed by atoms with Crippen molar-refractivity contribution in [3.8, 4) is 0 Å². The van der Waals surface area contributed by atoms with Crippen LogP contribution < -0.4 is 10.6 Å². The molecule has 0 radical (unpaired) electrons. The number of amides is 2. The number of rotatable bonds is 3. The number of hydrogen-bond donors (Lipinski definition) is 2. The predicted octanol–water partition coefficient (Wildman–Crippen LogP) is -0.352. The van der Waals surface area contributed by atoms with Gasteiger partial charge in [-0.1, -0.05) is 0 Å². The van der Waals surface area contributed by atoms with E-state index < -0.39 is 6.04 Å². The van der Waals surface area contributed by atoms with Crippen LogP contribution in [0.15, 0.2) is 10.9 Å². The third kappa shape index (κ3) is 1.97. The molecule has 2 N–H and O–H groups in total. The number of thiazole rings is 1. The Morgan fingerprint density at radius 2 is 2.50 bits per heavy atom. The first-order valence-corrected chi connectivity index (χ1v) is 5.14. The number of nitrogens with zero attached hydrogens (tertiary/aromatic N) is 1. The van der Waals surface area contributed by atoms with Crippen LogP contribution in [-0.2, 0) is 16.1 Å². The highest BCUT2D eigenvalue weighted by Gasteiger charge is 2.29. The molecule has 1 atom stereocenters. The van der Waals surface area contributed by atoms with E-state index in [1.807, 2.05) is 5.38 Å². The number of aromatic nitrogens is 1. The minimum atomic E-state index is -0.399. The van der Waals surface area contributed by atoms with Crippen molar-refractivity contribution < 1.29 is 9.59 Å². The first kappa shape index (κ1) is 9.29. The molecule has 74 valence electrons. The maximum Gasteiger partial charge on any atom is 0.244 e. The van der Waals surface area contributed by atoms with Crippen LogP contribution in [0.4, 0.5) is 0 Å². The van der Waals surface area contributed by atoms with Gasteiger partial charge in [0.25, 0.3) is 0 Å². The highest BCUT2D eigenvalue weighted by atomic mass is 32.1. The van der Waals surface area contributed by atoms with Gasteiger partial charge in [-0.25, -0.2) is 4.98 Å². The first-order valence-electron chi connectivity index (χ1n) is 4.20. The molecule has 14 heavy (non-hydrogen) atoms. The number of imide groups is 1. The summed E-state index contributed by atoms with van der Waals surface area (Å²) < 4.78 is 0. The van der Waals surface area contributed by atoms with Gasteiger partial charge in [-0.05, 0) is 0 Å². The summed E-state index contributed by atoms with van der Waals surface area (Å²) in [4.78, 5) is 26.0. The second-order valence-corrected chi connectivity index (χ2v) is 3.75. The Morgan fingerprint density at radius 1 is 1.64 bits per heavy atom. The molecule has 0 saturated carbocycles. The van der Waals surface area contributed by atoms with Crippen molar-refractivity contribution in [1.29, 1.82) is 0 Å². The Labute approximate surface area is 84.5 Å². The lowest BCUT2D eigenvalue weighted by molar-refractivity contribution is -0.125. The average molecular weight is 211 g/mol. The van der Waals surface area contributed by atoms with Gasteiger partial charge < -0.3 is 0 Å². The third-order valence-electron chi connectivity index (χ3n) is 1.98. The van der Waals surface area contributed by atoms with E-state index in [-0.39, 0.29) is 18.2 Å². The molecule has 2 heterocycles. The molecule has 1 fully saturated rings. The SMILES string of the molecule is O=C1CC(NCc2cscn2)C(=O)N1. The number of hydrogen-bond acceptors (Lipinski definition) is 5. The molecule has 2 amide bonds. The van der Waals surface area contributed by atoms with Crippen LogP contribution in [0.25, 0.3) is 0 Å². The van der Waals surface area contributed by atoms with Gasteiger partial charge in [0.05, 0.1) is 23.7 Å². The summed E-state index contributed by atoms with van der Waals surface area (Å²) in [7, 11) is 0. The topological polar surface area (TPSA) is 71.1 Å². The van der Waals surface area contributed by atoms with Gasteiger partial charge in [0, 0.05) is 11.9 Å². The molecule has 2 rings (SSSR count). The summed E-state index contributed by atoms with van der Waals surface area (Å²) in [6.45, 7) is 0.523. The zero-order valence-corrected chi connectivity index (χ0v) is 8.13. The summed E-state index contributed by atoms with van der Waals surface area (Å²) in [6.07, 6.45) is 0.225. The van der Waals surface area contributed by atoms with E-state index in [2.05, 4.69) is 15.6 Å². The standard InChI is InChI=1S/C8H9N3O2S/c12-7-1-6(8(13)11-7)9-2-5-3-14-4-10-5/h3-4,6,9H,1-2H2,(H,11,12,13). The number of nitrogens with one attached hydrogen (secondary N) is 2. The van der Waals surface area contributed by atoms with Gasteiger partial charge >= 0.3 is 0 Å². The van der Waals surface area contributed by atoms with Crippen LogP contribution in [0, 0.1) is 0 Å². The average Bonchev–Trinajstić information content (AvgIpc) is 2.72. The summed E-state index contributed by atoms with van der Waals surface area (Å²) in [6, 6.07) is -0.399. The molecule has 0 aromatic carbocycles. The van der Waals surface area contributed by atoms with Crippen molar-refractivity contribution in [3.05, 3.63) is 16.6 Å². The van der Waals surface area contributed by atoms with Gasteiger partial charge in [-0.3, -0.25) is 20.2 Å². The van der Waals surface area contributed by atoms with Gasteiger partial charge in [0.2, 0.25) is 11.8 Å². The van der Waals surface area contributed by atoms with E-state index in [1.165, 1.54) is 11.3 Å². The quantitative estimate of drug-likeness (QED) is 0.670. The van der Waals surface area contributed by atoms with Crippen molar-refractivity contribution in [3.63, 3.8) is 0 Å². The highest BCUT2D eigenvalue weighted by Crippen LogP contribution is 2.04. The van der Waals surface area contributed by atoms with Gasteiger partial charge in [-0.15, -0.1) is 11.3 Å². The van der Waals surface area contributed by atoms with Crippen LogP contribution in [0.3, 0.4) is 0 Å². The van der Waals surface area contributed by atoms with Crippen LogP contribution in [0.2, 0.25) is 0 Å². The fraction of sp³-hybridized carbons (Fsp3) is 0.375. The Hall–Kier alpha value is -1.27. The summed E-state index contributed by atoms with van der Waals surface area (Å²) >= 11 is 1.50. The summed E-state index contributed by atoms with van der Waals surface area (Å²) in [5.74, 6) is -0.462. The zero-order chi connectivity index (χ0) is 9.97.